The molecular weight excluding hydrogens is 251 g/mol. The van der Waals surface area contributed by atoms with Crippen LogP contribution in [0.4, 0.5) is 15.8 Å². The first-order valence-electron chi connectivity index (χ1n) is 5.48. The number of nitro groups is 1. The Morgan fingerprint density at radius 3 is 2.58 bits per heavy atom. The summed E-state index contributed by atoms with van der Waals surface area (Å²) < 4.78 is 18.9. The van der Waals surface area contributed by atoms with E-state index in [0.29, 0.717) is 0 Å². The number of nitrogen functional groups attached to an aromatic ring is 1. The lowest BCUT2D eigenvalue weighted by atomic mass is 10.2. The van der Waals surface area contributed by atoms with Crippen molar-refractivity contribution < 1.29 is 14.1 Å². The maximum atomic E-state index is 13.6. The van der Waals surface area contributed by atoms with E-state index in [4.69, 9.17) is 10.5 Å². The highest BCUT2D eigenvalue weighted by Gasteiger charge is 2.17. The zero-order chi connectivity index (χ0) is 13.8. The third-order valence-electron chi connectivity index (χ3n) is 2.52. The van der Waals surface area contributed by atoms with Crippen molar-refractivity contribution in [1.82, 2.24) is 0 Å². The van der Waals surface area contributed by atoms with Crippen LogP contribution in [-0.4, -0.2) is 4.92 Å². The van der Waals surface area contributed by atoms with E-state index in [1.165, 1.54) is 0 Å². The molecule has 2 rings (SSSR count). The van der Waals surface area contributed by atoms with E-state index in [9.17, 15) is 14.5 Å². The summed E-state index contributed by atoms with van der Waals surface area (Å²) >= 11 is 0. The lowest BCUT2D eigenvalue weighted by molar-refractivity contribution is -0.384. The number of nitro benzene ring substituents is 1. The van der Waals surface area contributed by atoms with Crippen LogP contribution >= 0.6 is 0 Å². The molecule has 0 aliphatic rings. The number of anilines is 1. The molecule has 0 bridgehead atoms. The minimum atomic E-state index is -0.808. The molecule has 0 atom stereocenters. The highest BCUT2D eigenvalue weighted by Crippen LogP contribution is 2.29. The fraction of sp³-hybridized carbons (Fsp3) is 0.0769. The molecule has 2 N–H and O–H groups in total. The van der Waals surface area contributed by atoms with E-state index in [1.807, 2.05) is 30.3 Å². The Bertz CT molecular complexity index is 602. The third-order valence-corrected chi connectivity index (χ3v) is 2.52. The molecule has 98 valence electrons. The smallest absolute Gasteiger partial charge is 0.295 e. The molecule has 19 heavy (non-hydrogen) atoms. The van der Waals surface area contributed by atoms with Gasteiger partial charge < -0.3 is 10.5 Å². The number of nitrogens with two attached hydrogens (primary N) is 1. The topological polar surface area (TPSA) is 78.4 Å². The normalized spacial score (nSPS) is 10.2. The van der Waals surface area contributed by atoms with Crippen molar-refractivity contribution in [1.29, 1.82) is 0 Å². The molecule has 0 amide bonds. The van der Waals surface area contributed by atoms with Crippen LogP contribution in [0.1, 0.15) is 5.56 Å². The summed E-state index contributed by atoms with van der Waals surface area (Å²) in [5.41, 5.74) is 5.73. The Hall–Kier alpha value is -2.63. The monoisotopic (exact) mass is 262 g/mol. The molecule has 2 aromatic carbocycles. The maximum absolute atomic E-state index is 13.6. The summed E-state index contributed by atoms with van der Waals surface area (Å²) in [4.78, 5) is 9.85. The van der Waals surface area contributed by atoms with Gasteiger partial charge >= 0.3 is 0 Å². The zero-order valence-electron chi connectivity index (χ0n) is 9.88. The fourth-order valence-electron chi connectivity index (χ4n) is 1.56. The minimum Gasteiger partial charge on any atom is -0.486 e. The first-order valence-corrected chi connectivity index (χ1v) is 5.48. The molecule has 6 heteroatoms. The first kappa shape index (κ1) is 12.8. The van der Waals surface area contributed by atoms with E-state index >= 15 is 0 Å². The van der Waals surface area contributed by atoms with Gasteiger partial charge in [0.25, 0.3) is 5.69 Å². The average Bonchev–Trinajstić information content (AvgIpc) is 2.40. The highest BCUT2D eigenvalue weighted by atomic mass is 19.1. The summed E-state index contributed by atoms with van der Waals surface area (Å²) in [7, 11) is 0. The number of benzene rings is 2. The molecule has 0 aliphatic carbocycles. The van der Waals surface area contributed by atoms with Gasteiger partial charge in [0.1, 0.15) is 12.3 Å². The van der Waals surface area contributed by atoms with Crippen molar-refractivity contribution in [3.05, 3.63) is 64.0 Å². The van der Waals surface area contributed by atoms with Gasteiger partial charge in [-0.3, -0.25) is 10.1 Å². The second-order valence-electron chi connectivity index (χ2n) is 3.87. The second kappa shape index (κ2) is 5.34. The second-order valence-corrected chi connectivity index (χ2v) is 3.87. The van der Waals surface area contributed by atoms with Crippen LogP contribution in [0.15, 0.2) is 42.5 Å². The number of hydrogen-bond acceptors (Lipinski definition) is 4. The van der Waals surface area contributed by atoms with Gasteiger partial charge in [-0.1, -0.05) is 30.3 Å². The Morgan fingerprint density at radius 1 is 1.26 bits per heavy atom. The minimum absolute atomic E-state index is 0.105. The number of nitrogens with zero attached hydrogens (tertiary/aromatic N) is 1. The average molecular weight is 262 g/mol. The van der Waals surface area contributed by atoms with E-state index in [0.717, 1.165) is 17.7 Å². The van der Waals surface area contributed by atoms with Crippen molar-refractivity contribution in [2.75, 3.05) is 5.73 Å². The van der Waals surface area contributed by atoms with Crippen molar-refractivity contribution >= 4 is 11.4 Å². The molecule has 0 unspecified atom stereocenters. The Balaban J connectivity index is 2.17. The van der Waals surface area contributed by atoms with E-state index in [1.54, 1.807) is 0 Å². The molecule has 0 aromatic heterocycles. The molecule has 5 nitrogen and oxygen atoms in total. The lowest BCUT2D eigenvalue weighted by Crippen LogP contribution is -2.01. The van der Waals surface area contributed by atoms with Crippen molar-refractivity contribution in [2.24, 2.45) is 0 Å². The summed E-state index contributed by atoms with van der Waals surface area (Å²) in [5, 5.41) is 10.6. The largest absolute Gasteiger partial charge is 0.486 e. The van der Waals surface area contributed by atoms with Crippen molar-refractivity contribution in [2.45, 2.75) is 6.61 Å². The van der Waals surface area contributed by atoms with Gasteiger partial charge in [-0.05, 0) is 5.56 Å². The standard InChI is InChI=1S/C13H11FN2O3/c14-10-6-12(16(17)18)11(15)7-13(10)19-8-9-4-2-1-3-5-9/h1-7H,8,15H2. The Morgan fingerprint density at radius 2 is 1.95 bits per heavy atom. The molecule has 0 aliphatic heterocycles. The van der Waals surface area contributed by atoms with Crippen LogP contribution in [0, 0.1) is 15.9 Å². The predicted molar refractivity (Wildman–Crippen MR) is 68.2 cm³/mol. The number of rotatable bonds is 4. The van der Waals surface area contributed by atoms with Crippen molar-refractivity contribution in [3.63, 3.8) is 0 Å². The van der Waals surface area contributed by atoms with Gasteiger partial charge in [-0.15, -0.1) is 0 Å². The van der Waals surface area contributed by atoms with E-state index in [-0.39, 0.29) is 18.0 Å². The molecule has 0 heterocycles. The summed E-state index contributed by atoms with van der Waals surface area (Å²) in [5.74, 6) is -0.913. The van der Waals surface area contributed by atoms with Gasteiger partial charge in [0.15, 0.2) is 11.6 Å². The third kappa shape index (κ3) is 2.98. The molecule has 0 fully saturated rings. The molecular formula is C13H11FN2O3. The molecule has 0 radical (unpaired) electrons. The molecule has 0 saturated heterocycles. The number of hydrogen-bond donors (Lipinski definition) is 1. The number of halogens is 1. The molecule has 0 spiro atoms. The van der Waals surface area contributed by atoms with Gasteiger partial charge in [0.2, 0.25) is 0 Å². The summed E-state index contributed by atoms with van der Waals surface area (Å²) in [6.45, 7) is 0.162. The lowest BCUT2D eigenvalue weighted by Gasteiger charge is -2.08. The zero-order valence-corrected chi connectivity index (χ0v) is 9.88. The van der Waals surface area contributed by atoms with E-state index in [2.05, 4.69) is 0 Å². The van der Waals surface area contributed by atoms with Gasteiger partial charge in [-0.25, -0.2) is 4.39 Å². The van der Waals surface area contributed by atoms with Crippen LogP contribution in [-0.2, 0) is 6.61 Å². The maximum Gasteiger partial charge on any atom is 0.295 e. The van der Waals surface area contributed by atoms with Gasteiger partial charge in [0.05, 0.1) is 11.0 Å². The van der Waals surface area contributed by atoms with E-state index < -0.39 is 16.4 Å². The summed E-state index contributed by atoms with van der Waals surface area (Å²) in [6.07, 6.45) is 0. The van der Waals surface area contributed by atoms with Crippen molar-refractivity contribution in [3.8, 4) is 5.75 Å². The summed E-state index contributed by atoms with van der Waals surface area (Å²) in [6, 6.07) is 11.1. The predicted octanol–water partition coefficient (Wildman–Crippen LogP) is 2.90. The van der Waals surface area contributed by atoms with Crippen LogP contribution in [0.25, 0.3) is 0 Å². The quantitative estimate of drug-likeness (QED) is 0.522. The van der Waals surface area contributed by atoms with Crippen LogP contribution in [0.2, 0.25) is 0 Å². The SMILES string of the molecule is Nc1cc(OCc2ccccc2)c(F)cc1[N+](=O)[O-]. The molecule has 0 saturated carbocycles. The Labute approximate surface area is 108 Å². The highest BCUT2D eigenvalue weighted by molar-refractivity contribution is 5.61. The van der Waals surface area contributed by atoms with Gasteiger partial charge in [-0.2, -0.15) is 0 Å². The number of ether oxygens (including phenoxy) is 1. The Kier molecular flexibility index (Phi) is 3.61. The fourth-order valence-corrected chi connectivity index (χ4v) is 1.56. The first-order chi connectivity index (χ1) is 9.08. The van der Waals surface area contributed by atoms with Crippen LogP contribution in [0.5, 0.6) is 5.75 Å². The van der Waals surface area contributed by atoms with Crippen LogP contribution in [0.3, 0.4) is 0 Å². The van der Waals surface area contributed by atoms with Gasteiger partial charge in [0, 0.05) is 6.07 Å². The van der Waals surface area contributed by atoms with Crippen LogP contribution < -0.4 is 10.5 Å². The molecule has 2 aromatic rings.